The van der Waals surface area contributed by atoms with E-state index in [0.29, 0.717) is 0 Å². The van der Waals surface area contributed by atoms with Gasteiger partial charge in [0.15, 0.2) is 0 Å². The van der Waals surface area contributed by atoms with Crippen LogP contribution in [-0.2, 0) is 17.9 Å². The van der Waals surface area contributed by atoms with Gasteiger partial charge in [-0.2, -0.15) is 11.8 Å². The number of likely N-dealkylation sites (N-methyl/N-ethyl adjacent to an activating group) is 1. The summed E-state index contributed by atoms with van der Waals surface area (Å²) in [5.74, 6) is 3.09. The molecular formula is C10H15N3S2. The molecule has 1 aromatic heterocycles. The summed E-state index contributed by atoms with van der Waals surface area (Å²) in [5.41, 5.74) is 2.53. The van der Waals surface area contributed by atoms with Crippen LogP contribution in [0, 0.1) is 4.64 Å². The van der Waals surface area contributed by atoms with Crippen LogP contribution in [-0.4, -0.2) is 35.5 Å². The number of thioether (sulfide) groups is 1. The van der Waals surface area contributed by atoms with E-state index in [4.69, 9.17) is 12.2 Å². The molecule has 1 aliphatic heterocycles. The zero-order valence-electron chi connectivity index (χ0n) is 9.04. The van der Waals surface area contributed by atoms with Gasteiger partial charge in [-0.15, -0.1) is 0 Å². The molecule has 0 bridgehead atoms. The highest BCUT2D eigenvalue weighted by Crippen LogP contribution is 2.28. The number of hydrogen-bond donors (Lipinski definition) is 1. The second kappa shape index (κ2) is 4.63. The SMILES string of the molecule is CN(C)CCc1nc(=S)c2c([nH]1)CSC2. The van der Waals surface area contributed by atoms with Crippen molar-refractivity contribution in [1.29, 1.82) is 0 Å². The molecule has 0 aliphatic carbocycles. The summed E-state index contributed by atoms with van der Waals surface area (Å²) in [5, 5.41) is 0. The van der Waals surface area contributed by atoms with E-state index in [1.165, 1.54) is 11.3 Å². The molecule has 0 amide bonds. The second-order valence-corrected chi connectivity index (χ2v) is 5.36. The molecule has 1 N–H and O–H groups in total. The number of nitrogens with one attached hydrogen (secondary N) is 1. The van der Waals surface area contributed by atoms with Crippen molar-refractivity contribution >= 4 is 24.0 Å². The monoisotopic (exact) mass is 241 g/mol. The van der Waals surface area contributed by atoms with Gasteiger partial charge >= 0.3 is 0 Å². The average Bonchev–Trinajstić information content (AvgIpc) is 2.63. The normalized spacial score (nSPS) is 14.6. The Morgan fingerprint density at radius 2 is 2.27 bits per heavy atom. The molecule has 2 rings (SSSR count). The molecule has 0 atom stereocenters. The maximum absolute atomic E-state index is 5.29. The maximum atomic E-state index is 5.29. The Balaban J connectivity index is 2.20. The average molecular weight is 241 g/mol. The predicted molar refractivity (Wildman–Crippen MR) is 66.7 cm³/mol. The van der Waals surface area contributed by atoms with Gasteiger partial charge in [0.2, 0.25) is 0 Å². The Bertz CT molecular complexity index is 412. The minimum Gasteiger partial charge on any atom is -0.346 e. The lowest BCUT2D eigenvalue weighted by molar-refractivity contribution is 0.409. The Hall–Kier alpha value is -0.390. The molecule has 0 saturated heterocycles. The van der Waals surface area contributed by atoms with Crippen LogP contribution in [0.2, 0.25) is 0 Å². The van der Waals surface area contributed by atoms with Crippen molar-refractivity contribution in [2.24, 2.45) is 0 Å². The maximum Gasteiger partial charge on any atom is 0.134 e. The Labute approximate surface area is 99.3 Å². The van der Waals surface area contributed by atoms with Crippen molar-refractivity contribution in [2.45, 2.75) is 17.9 Å². The molecule has 0 saturated carbocycles. The van der Waals surface area contributed by atoms with Crippen molar-refractivity contribution in [3.05, 3.63) is 21.7 Å². The van der Waals surface area contributed by atoms with Crippen LogP contribution in [0.5, 0.6) is 0 Å². The quantitative estimate of drug-likeness (QED) is 0.820. The van der Waals surface area contributed by atoms with Gasteiger partial charge in [-0.1, -0.05) is 12.2 Å². The van der Waals surface area contributed by atoms with Crippen LogP contribution in [0.1, 0.15) is 17.1 Å². The van der Waals surface area contributed by atoms with Crippen LogP contribution in [0.15, 0.2) is 0 Å². The summed E-state index contributed by atoms with van der Waals surface area (Å²) in [6, 6.07) is 0. The molecule has 0 spiro atoms. The largest absolute Gasteiger partial charge is 0.346 e. The van der Waals surface area contributed by atoms with Crippen LogP contribution >= 0.6 is 24.0 Å². The number of H-pyrrole nitrogens is 1. The first-order valence-corrected chi connectivity index (χ1v) is 6.56. The first kappa shape index (κ1) is 11.1. The molecule has 2 heterocycles. The van der Waals surface area contributed by atoms with Crippen molar-refractivity contribution < 1.29 is 0 Å². The molecule has 1 aromatic rings. The third-order valence-corrected chi connectivity index (χ3v) is 3.77. The summed E-state index contributed by atoms with van der Waals surface area (Å²) in [7, 11) is 4.13. The molecule has 0 unspecified atom stereocenters. The first-order chi connectivity index (χ1) is 7.16. The fraction of sp³-hybridized carbons (Fsp3) is 0.600. The van der Waals surface area contributed by atoms with Crippen molar-refractivity contribution in [2.75, 3.05) is 20.6 Å². The van der Waals surface area contributed by atoms with Crippen LogP contribution in [0.4, 0.5) is 0 Å². The van der Waals surface area contributed by atoms with Gasteiger partial charge in [0.05, 0.1) is 0 Å². The number of aromatic amines is 1. The summed E-state index contributed by atoms with van der Waals surface area (Å²) in [6.45, 7) is 1.00. The lowest BCUT2D eigenvalue weighted by Gasteiger charge is -2.09. The highest BCUT2D eigenvalue weighted by atomic mass is 32.2. The fourth-order valence-corrected chi connectivity index (χ4v) is 3.04. The smallest absolute Gasteiger partial charge is 0.134 e. The highest BCUT2D eigenvalue weighted by Gasteiger charge is 2.14. The molecule has 0 aromatic carbocycles. The molecule has 5 heteroatoms. The van der Waals surface area contributed by atoms with Crippen molar-refractivity contribution in [3.63, 3.8) is 0 Å². The molecule has 82 valence electrons. The predicted octanol–water partition coefficient (Wildman–Crippen LogP) is 1.99. The van der Waals surface area contributed by atoms with Crippen LogP contribution < -0.4 is 0 Å². The Morgan fingerprint density at radius 1 is 1.47 bits per heavy atom. The summed E-state index contributed by atoms with van der Waals surface area (Å²) < 4.78 is 0.794. The minimum atomic E-state index is 0.794. The van der Waals surface area contributed by atoms with Gasteiger partial charge in [-0.05, 0) is 14.1 Å². The molecule has 3 nitrogen and oxygen atoms in total. The van der Waals surface area contributed by atoms with E-state index in [-0.39, 0.29) is 0 Å². The fourth-order valence-electron chi connectivity index (χ4n) is 1.57. The lowest BCUT2D eigenvalue weighted by atomic mass is 10.2. The standard InChI is InChI=1S/C10H15N3S2/c1-13(2)4-3-9-11-8-6-15-5-7(8)10(14)12-9/h3-6H2,1-2H3,(H,11,12,14). The lowest BCUT2D eigenvalue weighted by Crippen LogP contribution is -2.16. The number of nitrogens with zero attached hydrogens (tertiary/aromatic N) is 2. The van der Waals surface area contributed by atoms with Gasteiger partial charge in [0.1, 0.15) is 10.5 Å². The minimum absolute atomic E-state index is 0.794. The Morgan fingerprint density at radius 3 is 3.00 bits per heavy atom. The molecular weight excluding hydrogens is 226 g/mol. The van der Waals surface area contributed by atoms with Gasteiger partial charge in [-0.25, -0.2) is 4.98 Å². The first-order valence-electron chi connectivity index (χ1n) is 5.00. The van der Waals surface area contributed by atoms with Crippen molar-refractivity contribution in [3.8, 4) is 0 Å². The van der Waals surface area contributed by atoms with Gasteiger partial charge < -0.3 is 9.88 Å². The second-order valence-electron chi connectivity index (χ2n) is 3.99. The molecule has 0 fully saturated rings. The highest BCUT2D eigenvalue weighted by molar-refractivity contribution is 7.98. The number of hydrogen-bond acceptors (Lipinski definition) is 4. The molecule has 1 aliphatic rings. The van der Waals surface area contributed by atoms with Crippen LogP contribution in [0.25, 0.3) is 0 Å². The van der Waals surface area contributed by atoms with Crippen LogP contribution in [0.3, 0.4) is 0 Å². The van der Waals surface area contributed by atoms with E-state index in [9.17, 15) is 0 Å². The number of fused-ring (bicyclic) bond motifs is 1. The zero-order chi connectivity index (χ0) is 10.8. The summed E-state index contributed by atoms with van der Waals surface area (Å²) >= 11 is 7.19. The topological polar surface area (TPSA) is 31.9 Å². The van der Waals surface area contributed by atoms with E-state index < -0.39 is 0 Å². The van der Waals surface area contributed by atoms with E-state index in [2.05, 4.69) is 29.0 Å². The molecule has 0 radical (unpaired) electrons. The number of rotatable bonds is 3. The zero-order valence-corrected chi connectivity index (χ0v) is 10.7. The third-order valence-electron chi connectivity index (χ3n) is 2.44. The number of aromatic nitrogens is 2. The van der Waals surface area contributed by atoms with Crippen molar-refractivity contribution in [1.82, 2.24) is 14.9 Å². The molecule has 15 heavy (non-hydrogen) atoms. The van der Waals surface area contributed by atoms with E-state index >= 15 is 0 Å². The van der Waals surface area contributed by atoms with Gasteiger partial charge in [0, 0.05) is 35.7 Å². The summed E-state index contributed by atoms with van der Waals surface area (Å²) in [4.78, 5) is 9.99. The van der Waals surface area contributed by atoms with E-state index in [1.807, 2.05) is 11.8 Å². The summed E-state index contributed by atoms with van der Waals surface area (Å²) in [6.07, 6.45) is 0.939. The third kappa shape index (κ3) is 2.59. The van der Waals surface area contributed by atoms with Gasteiger partial charge in [-0.3, -0.25) is 0 Å². The van der Waals surface area contributed by atoms with Gasteiger partial charge in [0.25, 0.3) is 0 Å². The Kier molecular flexibility index (Phi) is 3.43. The van der Waals surface area contributed by atoms with E-state index in [0.717, 1.165) is 34.9 Å². The van der Waals surface area contributed by atoms with E-state index in [1.54, 1.807) is 0 Å².